The molecule has 1 fully saturated rings. The Morgan fingerprint density at radius 1 is 1.33 bits per heavy atom. The number of hydrogen-bond donors (Lipinski definition) is 1. The first kappa shape index (κ1) is 12.9. The first-order chi connectivity index (χ1) is 8.42. The van der Waals surface area contributed by atoms with Gasteiger partial charge in [-0.25, -0.2) is 0 Å². The maximum Gasteiger partial charge on any atom is 0.307 e. The second-order valence-electron chi connectivity index (χ2n) is 5.41. The van der Waals surface area contributed by atoms with E-state index >= 15 is 0 Å². The predicted octanol–water partition coefficient (Wildman–Crippen LogP) is 3.39. The number of rotatable bonds is 4. The maximum atomic E-state index is 10.9. The number of carbonyl (C=O) groups is 1. The van der Waals surface area contributed by atoms with E-state index in [0.29, 0.717) is 0 Å². The van der Waals surface area contributed by atoms with Crippen LogP contribution in [-0.4, -0.2) is 16.7 Å². The average Bonchev–Trinajstić information content (AvgIpc) is 2.21. The molecule has 0 heterocycles. The van der Waals surface area contributed by atoms with Crippen LogP contribution >= 0.6 is 0 Å². The Hall–Kier alpha value is -1.51. The molecule has 0 atom stereocenters. The molecule has 1 aromatic rings. The molecule has 1 aliphatic rings. The maximum absolute atomic E-state index is 10.9. The SMILES string of the molecule is Cc1cc(C)c(C)c(OC2(CC(=O)O)CCC2)c1. The average molecular weight is 248 g/mol. The van der Waals surface area contributed by atoms with E-state index in [9.17, 15) is 4.79 Å². The summed E-state index contributed by atoms with van der Waals surface area (Å²) in [7, 11) is 0. The fourth-order valence-corrected chi connectivity index (χ4v) is 2.50. The highest BCUT2D eigenvalue weighted by Gasteiger charge is 2.41. The van der Waals surface area contributed by atoms with Crippen molar-refractivity contribution in [2.75, 3.05) is 0 Å². The van der Waals surface area contributed by atoms with Gasteiger partial charge in [-0.05, 0) is 62.8 Å². The van der Waals surface area contributed by atoms with E-state index in [2.05, 4.69) is 13.0 Å². The van der Waals surface area contributed by atoms with E-state index in [1.54, 1.807) is 0 Å². The van der Waals surface area contributed by atoms with Gasteiger partial charge in [-0.1, -0.05) is 6.07 Å². The van der Waals surface area contributed by atoms with Crippen LogP contribution in [0.3, 0.4) is 0 Å². The molecule has 3 nitrogen and oxygen atoms in total. The lowest BCUT2D eigenvalue weighted by atomic mass is 9.77. The zero-order valence-corrected chi connectivity index (χ0v) is 11.2. The highest BCUT2D eigenvalue weighted by molar-refractivity contribution is 5.68. The summed E-state index contributed by atoms with van der Waals surface area (Å²) < 4.78 is 6.06. The summed E-state index contributed by atoms with van der Waals surface area (Å²) in [5, 5.41) is 8.99. The van der Waals surface area contributed by atoms with Crippen molar-refractivity contribution in [1.29, 1.82) is 0 Å². The highest BCUT2D eigenvalue weighted by atomic mass is 16.5. The van der Waals surface area contributed by atoms with Crippen LogP contribution < -0.4 is 4.74 Å². The number of aryl methyl sites for hydroxylation is 2. The van der Waals surface area contributed by atoms with Crippen LogP contribution in [0.5, 0.6) is 5.75 Å². The third-order valence-electron chi connectivity index (χ3n) is 3.83. The van der Waals surface area contributed by atoms with Crippen LogP contribution in [0, 0.1) is 20.8 Å². The third-order valence-corrected chi connectivity index (χ3v) is 3.83. The molecule has 0 radical (unpaired) electrons. The number of hydrogen-bond acceptors (Lipinski definition) is 2. The van der Waals surface area contributed by atoms with Crippen molar-refractivity contribution in [2.45, 2.75) is 52.1 Å². The fraction of sp³-hybridized carbons (Fsp3) is 0.533. The van der Waals surface area contributed by atoms with Crippen molar-refractivity contribution < 1.29 is 14.6 Å². The molecular formula is C15H20O3. The number of carboxylic acid groups (broad SMARTS) is 1. The van der Waals surface area contributed by atoms with Crippen LogP contribution in [0.25, 0.3) is 0 Å². The first-order valence-corrected chi connectivity index (χ1v) is 6.40. The molecule has 0 bridgehead atoms. The van der Waals surface area contributed by atoms with Gasteiger partial charge in [-0.3, -0.25) is 4.79 Å². The Kier molecular flexibility index (Phi) is 3.33. The molecule has 1 aliphatic carbocycles. The minimum absolute atomic E-state index is 0.0967. The fourth-order valence-electron chi connectivity index (χ4n) is 2.50. The van der Waals surface area contributed by atoms with Gasteiger partial charge in [0.2, 0.25) is 0 Å². The molecule has 1 aromatic carbocycles. The lowest BCUT2D eigenvalue weighted by Crippen LogP contribution is -2.45. The number of aliphatic carboxylic acids is 1. The Labute approximate surface area is 108 Å². The molecule has 0 aliphatic heterocycles. The Morgan fingerprint density at radius 2 is 2.00 bits per heavy atom. The van der Waals surface area contributed by atoms with Crippen molar-refractivity contribution in [3.8, 4) is 5.75 Å². The minimum atomic E-state index is -0.781. The van der Waals surface area contributed by atoms with Crippen molar-refractivity contribution >= 4 is 5.97 Å². The summed E-state index contributed by atoms with van der Waals surface area (Å²) in [6.45, 7) is 6.11. The van der Waals surface area contributed by atoms with Gasteiger partial charge >= 0.3 is 5.97 Å². The first-order valence-electron chi connectivity index (χ1n) is 6.40. The van der Waals surface area contributed by atoms with E-state index < -0.39 is 11.6 Å². The Morgan fingerprint density at radius 3 is 2.50 bits per heavy atom. The third kappa shape index (κ3) is 2.50. The standard InChI is InChI=1S/C15H20O3/c1-10-7-11(2)12(3)13(8-10)18-15(5-4-6-15)9-14(16)17/h7-8H,4-6,9H2,1-3H3,(H,16,17). The molecule has 2 rings (SSSR count). The van der Waals surface area contributed by atoms with Crippen LogP contribution in [0.1, 0.15) is 42.4 Å². The molecule has 1 saturated carbocycles. The van der Waals surface area contributed by atoms with Crippen molar-refractivity contribution in [3.63, 3.8) is 0 Å². The van der Waals surface area contributed by atoms with E-state index in [1.165, 1.54) is 5.56 Å². The Balaban J connectivity index is 2.25. The second kappa shape index (κ2) is 4.63. The van der Waals surface area contributed by atoms with Crippen LogP contribution in [-0.2, 0) is 4.79 Å². The molecule has 3 heteroatoms. The minimum Gasteiger partial charge on any atom is -0.486 e. The topological polar surface area (TPSA) is 46.5 Å². The lowest BCUT2D eigenvalue weighted by Gasteiger charge is -2.41. The zero-order chi connectivity index (χ0) is 13.3. The van der Waals surface area contributed by atoms with Crippen molar-refractivity contribution in [3.05, 3.63) is 28.8 Å². The summed E-state index contributed by atoms with van der Waals surface area (Å²) in [4.78, 5) is 10.9. The largest absolute Gasteiger partial charge is 0.486 e. The molecule has 18 heavy (non-hydrogen) atoms. The second-order valence-corrected chi connectivity index (χ2v) is 5.41. The zero-order valence-electron chi connectivity index (χ0n) is 11.2. The van der Waals surface area contributed by atoms with Gasteiger partial charge in [0.05, 0.1) is 6.42 Å². The molecular weight excluding hydrogens is 228 g/mol. The summed E-state index contributed by atoms with van der Waals surface area (Å²) in [6, 6.07) is 4.12. The van der Waals surface area contributed by atoms with Gasteiger partial charge < -0.3 is 9.84 Å². The molecule has 0 unspecified atom stereocenters. The van der Waals surface area contributed by atoms with Gasteiger partial charge in [0, 0.05) is 0 Å². The van der Waals surface area contributed by atoms with E-state index in [4.69, 9.17) is 9.84 Å². The van der Waals surface area contributed by atoms with Crippen molar-refractivity contribution in [1.82, 2.24) is 0 Å². The molecule has 0 amide bonds. The summed E-state index contributed by atoms with van der Waals surface area (Å²) in [5.41, 5.74) is 2.97. The van der Waals surface area contributed by atoms with Crippen molar-refractivity contribution in [2.24, 2.45) is 0 Å². The van der Waals surface area contributed by atoms with Crippen LogP contribution in [0.4, 0.5) is 0 Å². The van der Waals surface area contributed by atoms with E-state index in [0.717, 1.165) is 36.1 Å². The summed E-state index contributed by atoms with van der Waals surface area (Å²) >= 11 is 0. The van der Waals surface area contributed by atoms with Gasteiger partial charge in [0.25, 0.3) is 0 Å². The van der Waals surface area contributed by atoms with Gasteiger partial charge in [-0.2, -0.15) is 0 Å². The van der Waals surface area contributed by atoms with Gasteiger partial charge in [0.1, 0.15) is 11.4 Å². The monoisotopic (exact) mass is 248 g/mol. The van der Waals surface area contributed by atoms with E-state index in [-0.39, 0.29) is 6.42 Å². The molecule has 98 valence electrons. The molecule has 0 saturated heterocycles. The van der Waals surface area contributed by atoms with Crippen LogP contribution in [0.2, 0.25) is 0 Å². The molecule has 0 aromatic heterocycles. The lowest BCUT2D eigenvalue weighted by molar-refractivity contribution is -0.144. The normalized spacial score (nSPS) is 17.1. The van der Waals surface area contributed by atoms with E-state index in [1.807, 2.05) is 19.9 Å². The number of ether oxygens (including phenoxy) is 1. The predicted molar refractivity (Wildman–Crippen MR) is 70.1 cm³/mol. The number of carboxylic acids is 1. The molecule has 0 spiro atoms. The quantitative estimate of drug-likeness (QED) is 0.888. The van der Waals surface area contributed by atoms with Crippen LogP contribution in [0.15, 0.2) is 12.1 Å². The van der Waals surface area contributed by atoms with Gasteiger partial charge in [0.15, 0.2) is 0 Å². The number of benzene rings is 1. The smallest absolute Gasteiger partial charge is 0.307 e. The highest BCUT2D eigenvalue weighted by Crippen LogP contribution is 2.40. The molecule has 1 N–H and O–H groups in total. The summed E-state index contributed by atoms with van der Waals surface area (Å²) in [6.07, 6.45) is 2.83. The van der Waals surface area contributed by atoms with Gasteiger partial charge in [-0.15, -0.1) is 0 Å². The Bertz CT molecular complexity index is 473. The summed E-state index contributed by atoms with van der Waals surface area (Å²) in [5.74, 6) is 0.0604.